The third-order valence-corrected chi connectivity index (χ3v) is 4.36. The van der Waals surface area contributed by atoms with Gasteiger partial charge in [0, 0.05) is 23.0 Å². The van der Waals surface area contributed by atoms with Crippen molar-refractivity contribution in [3.05, 3.63) is 33.8 Å². The Morgan fingerprint density at radius 1 is 1.26 bits per heavy atom. The normalized spacial score (nSPS) is 24.1. The van der Waals surface area contributed by atoms with Crippen molar-refractivity contribution in [1.29, 1.82) is 0 Å². The van der Waals surface area contributed by atoms with Crippen LogP contribution in [-0.4, -0.2) is 25.1 Å². The van der Waals surface area contributed by atoms with Crippen LogP contribution in [0.4, 0.5) is 0 Å². The number of rotatable bonds is 3. The van der Waals surface area contributed by atoms with Crippen LogP contribution < -0.4 is 0 Å². The highest BCUT2D eigenvalue weighted by Crippen LogP contribution is 2.65. The lowest BCUT2D eigenvalue weighted by molar-refractivity contribution is -0.171. The third-order valence-electron chi connectivity index (χ3n) is 3.92. The molecule has 0 unspecified atom stereocenters. The van der Waals surface area contributed by atoms with E-state index in [0.29, 0.717) is 10.0 Å². The van der Waals surface area contributed by atoms with E-state index in [4.69, 9.17) is 28.0 Å². The molecule has 1 amide bonds. The van der Waals surface area contributed by atoms with E-state index in [1.807, 2.05) is 12.1 Å². The van der Waals surface area contributed by atoms with Gasteiger partial charge in [-0.15, -0.1) is 0 Å². The smallest absolute Gasteiger partial charge is 0.250 e. The molecule has 1 aromatic rings. The molecule has 104 valence electrons. The maximum Gasteiger partial charge on any atom is 0.250 e. The van der Waals surface area contributed by atoms with Gasteiger partial charge in [0.05, 0.1) is 13.0 Å². The lowest BCUT2D eigenvalue weighted by atomic mass is 10.0. The topological polar surface area (TPSA) is 29.5 Å². The second-order valence-electron chi connectivity index (χ2n) is 5.50. The van der Waals surface area contributed by atoms with Crippen molar-refractivity contribution in [2.75, 3.05) is 14.2 Å². The van der Waals surface area contributed by atoms with Crippen molar-refractivity contribution in [1.82, 2.24) is 5.06 Å². The minimum absolute atomic E-state index is 0.0198. The van der Waals surface area contributed by atoms with Crippen LogP contribution in [0.25, 0.3) is 0 Å². The molecule has 0 saturated heterocycles. The van der Waals surface area contributed by atoms with Crippen molar-refractivity contribution in [2.45, 2.75) is 19.8 Å². The first-order chi connectivity index (χ1) is 8.78. The van der Waals surface area contributed by atoms with Crippen LogP contribution >= 0.6 is 23.2 Å². The van der Waals surface area contributed by atoms with E-state index in [1.54, 1.807) is 13.1 Å². The molecule has 2 atom stereocenters. The van der Waals surface area contributed by atoms with Crippen LogP contribution in [0.5, 0.6) is 0 Å². The minimum Gasteiger partial charge on any atom is -0.275 e. The molecule has 1 aliphatic carbocycles. The Hall–Kier alpha value is -0.770. The molecule has 1 fully saturated rings. The van der Waals surface area contributed by atoms with Gasteiger partial charge in [0.1, 0.15) is 0 Å². The summed E-state index contributed by atoms with van der Waals surface area (Å²) in [7, 11) is 3.11. The van der Waals surface area contributed by atoms with Crippen LogP contribution in [0.3, 0.4) is 0 Å². The minimum atomic E-state index is -0.113. The number of carbonyl (C=O) groups is 1. The predicted octanol–water partition coefficient (Wildman–Crippen LogP) is 3.75. The molecule has 0 heterocycles. The molecule has 1 aliphatic rings. The summed E-state index contributed by atoms with van der Waals surface area (Å²) in [6, 6.07) is 5.44. The van der Waals surface area contributed by atoms with Gasteiger partial charge in [-0.1, -0.05) is 37.0 Å². The van der Waals surface area contributed by atoms with Crippen molar-refractivity contribution >= 4 is 29.1 Å². The van der Waals surface area contributed by atoms with Crippen molar-refractivity contribution in [3.8, 4) is 0 Å². The molecular weight excluding hydrogens is 285 g/mol. The molecule has 0 aliphatic heterocycles. The van der Waals surface area contributed by atoms with E-state index in [9.17, 15) is 4.79 Å². The molecular formula is C14H17Cl2NO2. The van der Waals surface area contributed by atoms with E-state index in [1.165, 1.54) is 12.2 Å². The Bertz CT molecular complexity index is 496. The maximum atomic E-state index is 12.2. The fourth-order valence-electron chi connectivity index (χ4n) is 2.76. The number of hydrogen-bond donors (Lipinski definition) is 0. The summed E-state index contributed by atoms with van der Waals surface area (Å²) in [6.07, 6.45) is 0. The van der Waals surface area contributed by atoms with Gasteiger partial charge >= 0.3 is 0 Å². The SMILES string of the molecule is CON(C)C(=O)[C@@H]1[C@@H](c2cc(Cl)cc(Cl)c2)C1(C)C. The van der Waals surface area contributed by atoms with Crippen LogP contribution in [-0.2, 0) is 9.63 Å². The molecule has 0 spiro atoms. The Morgan fingerprint density at radius 3 is 2.26 bits per heavy atom. The Kier molecular flexibility index (Phi) is 3.83. The molecule has 5 heteroatoms. The average Bonchev–Trinajstić information content (AvgIpc) is 2.89. The van der Waals surface area contributed by atoms with Crippen LogP contribution in [0, 0.1) is 11.3 Å². The number of benzene rings is 1. The van der Waals surface area contributed by atoms with E-state index < -0.39 is 0 Å². The van der Waals surface area contributed by atoms with Crippen LogP contribution in [0.1, 0.15) is 25.3 Å². The van der Waals surface area contributed by atoms with E-state index in [-0.39, 0.29) is 23.2 Å². The molecule has 1 saturated carbocycles. The summed E-state index contributed by atoms with van der Waals surface area (Å²) in [5, 5.41) is 2.46. The zero-order chi connectivity index (χ0) is 14.4. The van der Waals surface area contributed by atoms with Gasteiger partial charge in [-0.2, -0.15) is 0 Å². The lowest BCUT2D eigenvalue weighted by Gasteiger charge is -2.14. The number of hydroxylamine groups is 2. The summed E-state index contributed by atoms with van der Waals surface area (Å²) in [5.74, 6) is -0.00520. The average molecular weight is 302 g/mol. The highest BCUT2D eigenvalue weighted by Gasteiger charge is 2.63. The van der Waals surface area contributed by atoms with E-state index in [0.717, 1.165) is 5.56 Å². The zero-order valence-corrected chi connectivity index (χ0v) is 12.9. The Labute approximate surface area is 123 Å². The summed E-state index contributed by atoms with van der Waals surface area (Å²) < 4.78 is 0. The quantitative estimate of drug-likeness (QED) is 0.796. The Balaban J connectivity index is 2.29. The highest BCUT2D eigenvalue weighted by molar-refractivity contribution is 6.34. The molecule has 19 heavy (non-hydrogen) atoms. The summed E-state index contributed by atoms with van der Waals surface area (Å²) >= 11 is 12.1. The second-order valence-corrected chi connectivity index (χ2v) is 6.37. The maximum absolute atomic E-state index is 12.2. The standard InChI is InChI=1S/C14H17Cl2NO2/c1-14(2)11(12(14)13(18)17(3)19-4)8-5-9(15)7-10(16)6-8/h5-7,11-12H,1-4H3/t11-,12+/m1/s1. The van der Waals surface area contributed by atoms with E-state index >= 15 is 0 Å². The number of amides is 1. The zero-order valence-electron chi connectivity index (χ0n) is 11.4. The molecule has 0 bridgehead atoms. The van der Waals surface area contributed by atoms with Gasteiger partial charge in [0.25, 0.3) is 0 Å². The fourth-order valence-corrected chi connectivity index (χ4v) is 3.30. The number of halogens is 2. The van der Waals surface area contributed by atoms with Crippen LogP contribution in [0.2, 0.25) is 10.0 Å². The third kappa shape index (κ3) is 2.60. The number of carbonyl (C=O) groups excluding carboxylic acids is 1. The summed E-state index contributed by atoms with van der Waals surface area (Å²) in [4.78, 5) is 17.2. The van der Waals surface area contributed by atoms with Crippen molar-refractivity contribution < 1.29 is 9.63 Å². The molecule has 1 aromatic carbocycles. The molecule has 0 aromatic heterocycles. The second kappa shape index (κ2) is 4.97. The van der Waals surface area contributed by atoms with Crippen molar-refractivity contribution in [2.24, 2.45) is 11.3 Å². The first-order valence-corrected chi connectivity index (χ1v) is 6.82. The predicted molar refractivity (Wildman–Crippen MR) is 76.3 cm³/mol. The van der Waals surface area contributed by atoms with Crippen LogP contribution in [0.15, 0.2) is 18.2 Å². The van der Waals surface area contributed by atoms with Gasteiger partial charge in [-0.3, -0.25) is 9.63 Å². The molecule has 0 N–H and O–H groups in total. The monoisotopic (exact) mass is 301 g/mol. The molecule has 0 radical (unpaired) electrons. The van der Waals surface area contributed by atoms with Gasteiger partial charge in [-0.25, -0.2) is 5.06 Å². The lowest BCUT2D eigenvalue weighted by Crippen LogP contribution is -2.28. The largest absolute Gasteiger partial charge is 0.275 e. The van der Waals surface area contributed by atoms with Gasteiger partial charge in [-0.05, 0) is 29.2 Å². The summed E-state index contributed by atoms with van der Waals surface area (Å²) in [6.45, 7) is 4.14. The first-order valence-electron chi connectivity index (χ1n) is 6.06. The van der Waals surface area contributed by atoms with Crippen molar-refractivity contribution in [3.63, 3.8) is 0 Å². The first kappa shape index (κ1) is 14.6. The summed E-state index contributed by atoms with van der Waals surface area (Å²) in [5.41, 5.74) is 0.892. The van der Waals surface area contributed by atoms with Gasteiger partial charge in [0.2, 0.25) is 5.91 Å². The number of nitrogens with zero attached hydrogens (tertiary/aromatic N) is 1. The van der Waals surface area contributed by atoms with Gasteiger partial charge in [0.15, 0.2) is 0 Å². The number of hydrogen-bond acceptors (Lipinski definition) is 2. The Morgan fingerprint density at radius 2 is 1.79 bits per heavy atom. The van der Waals surface area contributed by atoms with E-state index in [2.05, 4.69) is 13.8 Å². The fraction of sp³-hybridized carbons (Fsp3) is 0.500. The van der Waals surface area contributed by atoms with Gasteiger partial charge < -0.3 is 0 Å². The highest BCUT2D eigenvalue weighted by atomic mass is 35.5. The molecule has 2 rings (SSSR count). The molecule has 3 nitrogen and oxygen atoms in total.